The molecule has 20 heavy (non-hydrogen) atoms. The van der Waals surface area contributed by atoms with Crippen molar-refractivity contribution in [2.45, 2.75) is 31.7 Å². The highest BCUT2D eigenvalue weighted by molar-refractivity contribution is 6.28. The van der Waals surface area contributed by atoms with Crippen molar-refractivity contribution in [3.8, 4) is 0 Å². The SMILES string of the molecule is O=C(NC1CC1)[C@@H]1CCCN(c2nc(Cl)ncc2F)C1. The molecule has 1 aromatic heterocycles. The second-order valence-electron chi connectivity index (χ2n) is 5.38. The van der Waals surface area contributed by atoms with E-state index in [0.717, 1.165) is 31.9 Å². The summed E-state index contributed by atoms with van der Waals surface area (Å²) in [4.78, 5) is 21.4. The standard InChI is InChI=1S/C13H16ClFN4O/c14-13-16-6-10(15)11(18-13)19-5-1-2-8(7-19)12(20)17-9-3-4-9/h6,8-9H,1-5,7H2,(H,17,20)/t8-/m1/s1. The molecule has 0 unspecified atom stereocenters. The second-order valence-corrected chi connectivity index (χ2v) is 5.72. The van der Waals surface area contributed by atoms with Crippen LogP contribution in [0.4, 0.5) is 10.2 Å². The zero-order valence-electron chi connectivity index (χ0n) is 11.0. The summed E-state index contributed by atoms with van der Waals surface area (Å²) < 4.78 is 13.8. The number of nitrogens with one attached hydrogen (secondary N) is 1. The molecule has 0 bridgehead atoms. The van der Waals surface area contributed by atoms with E-state index >= 15 is 0 Å². The molecule has 1 saturated carbocycles. The lowest BCUT2D eigenvalue weighted by Gasteiger charge is -2.32. The first-order chi connectivity index (χ1) is 9.63. The summed E-state index contributed by atoms with van der Waals surface area (Å²) in [6.07, 6.45) is 4.87. The van der Waals surface area contributed by atoms with Gasteiger partial charge in [-0.3, -0.25) is 4.79 Å². The van der Waals surface area contributed by atoms with Crippen molar-refractivity contribution < 1.29 is 9.18 Å². The number of aromatic nitrogens is 2. The van der Waals surface area contributed by atoms with E-state index in [4.69, 9.17) is 11.6 Å². The van der Waals surface area contributed by atoms with Crippen molar-refractivity contribution in [1.29, 1.82) is 0 Å². The van der Waals surface area contributed by atoms with Crippen molar-refractivity contribution in [3.05, 3.63) is 17.3 Å². The zero-order valence-corrected chi connectivity index (χ0v) is 11.7. The lowest BCUT2D eigenvalue weighted by Crippen LogP contribution is -2.44. The maximum Gasteiger partial charge on any atom is 0.225 e. The van der Waals surface area contributed by atoms with E-state index < -0.39 is 5.82 Å². The van der Waals surface area contributed by atoms with Crippen LogP contribution < -0.4 is 10.2 Å². The average Bonchev–Trinajstić information content (AvgIpc) is 3.25. The maximum atomic E-state index is 13.8. The molecule has 1 amide bonds. The first-order valence-corrected chi connectivity index (χ1v) is 7.24. The third-order valence-corrected chi connectivity index (χ3v) is 3.89. The molecule has 2 heterocycles. The van der Waals surface area contributed by atoms with Crippen molar-refractivity contribution in [2.24, 2.45) is 5.92 Å². The van der Waals surface area contributed by atoms with Gasteiger partial charge >= 0.3 is 0 Å². The van der Waals surface area contributed by atoms with Crippen molar-refractivity contribution in [2.75, 3.05) is 18.0 Å². The van der Waals surface area contributed by atoms with Crippen LogP contribution >= 0.6 is 11.6 Å². The molecular formula is C13H16ClFN4O. The van der Waals surface area contributed by atoms with Crippen LogP contribution in [0.5, 0.6) is 0 Å². The first-order valence-electron chi connectivity index (χ1n) is 6.87. The molecule has 1 saturated heterocycles. The smallest absolute Gasteiger partial charge is 0.225 e. The zero-order chi connectivity index (χ0) is 14.1. The lowest BCUT2D eigenvalue weighted by atomic mass is 9.97. The monoisotopic (exact) mass is 298 g/mol. The highest BCUT2D eigenvalue weighted by Crippen LogP contribution is 2.26. The number of hydrogen-bond acceptors (Lipinski definition) is 4. The Morgan fingerprint density at radius 3 is 3.00 bits per heavy atom. The van der Waals surface area contributed by atoms with Gasteiger partial charge in [-0.25, -0.2) is 9.37 Å². The van der Waals surface area contributed by atoms with E-state index in [1.165, 1.54) is 0 Å². The predicted molar refractivity (Wildman–Crippen MR) is 73.1 cm³/mol. The van der Waals surface area contributed by atoms with Crippen LogP contribution in [0.3, 0.4) is 0 Å². The second kappa shape index (κ2) is 5.52. The Hall–Kier alpha value is -1.43. The number of halogens is 2. The molecule has 7 heteroatoms. The summed E-state index contributed by atoms with van der Waals surface area (Å²) >= 11 is 5.72. The van der Waals surface area contributed by atoms with Crippen LogP contribution in [-0.2, 0) is 4.79 Å². The molecule has 3 rings (SSSR count). The van der Waals surface area contributed by atoms with Crippen LogP contribution in [0.15, 0.2) is 6.20 Å². The van der Waals surface area contributed by atoms with Gasteiger partial charge in [-0.2, -0.15) is 4.98 Å². The number of piperidine rings is 1. The minimum absolute atomic E-state index is 0.0194. The number of nitrogens with zero attached hydrogens (tertiary/aromatic N) is 3. The van der Waals surface area contributed by atoms with Gasteiger partial charge in [-0.05, 0) is 37.3 Å². The fraction of sp³-hybridized carbons (Fsp3) is 0.615. The third kappa shape index (κ3) is 3.00. The molecule has 1 aliphatic heterocycles. The Kier molecular flexibility index (Phi) is 3.74. The van der Waals surface area contributed by atoms with Gasteiger partial charge in [0.05, 0.1) is 12.1 Å². The van der Waals surface area contributed by atoms with Crippen LogP contribution in [0, 0.1) is 11.7 Å². The Bertz CT molecular complexity index is 523. The fourth-order valence-corrected chi connectivity index (χ4v) is 2.62. The molecule has 1 aromatic rings. The number of carbonyl (C=O) groups is 1. The third-order valence-electron chi connectivity index (χ3n) is 3.71. The van der Waals surface area contributed by atoms with Crippen LogP contribution in [0.25, 0.3) is 0 Å². The number of amides is 1. The van der Waals surface area contributed by atoms with Gasteiger partial charge in [0.15, 0.2) is 11.6 Å². The molecule has 108 valence electrons. The van der Waals surface area contributed by atoms with Gasteiger partial charge < -0.3 is 10.2 Å². The largest absolute Gasteiger partial charge is 0.353 e. The summed E-state index contributed by atoms with van der Waals surface area (Å²) in [5.74, 6) is -0.359. The predicted octanol–water partition coefficient (Wildman–Crippen LogP) is 1.76. The molecule has 2 fully saturated rings. The van der Waals surface area contributed by atoms with Gasteiger partial charge in [0.1, 0.15) is 0 Å². The van der Waals surface area contributed by atoms with E-state index in [1.807, 2.05) is 0 Å². The van der Waals surface area contributed by atoms with E-state index in [0.29, 0.717) is 19.1 Å². The highest BCUT2D eigenvalue weighted by Gasteiger charge is 2.31. The summed E-state index contributed by atoms with van der Waals surface area (Å²) in [5.41, 5.74) is 0. The van der Waals surface area contributed by atoms with Gasteiger partial charge in [0.25, 0.3) is 0 Å². The molecule has 0 aromatic carbocycles. The summed E-state index contributed by atoms with van der Waals surface area (Å²) in [7, 11) is 0. The van der Waals surface area contributed by atoms with E-state index in [-0.39, 0.29) is 22.9 Å². The Labute approximate surface area is 121 Å². The molecule has 1 atom stereocenters. The Morgan fingerprint density at radius 1 is 1.45 bits per heavy atom. The molecule has 0 spiro atoms. The number of carbonyl (C=O) groups excluding carboxylic acids is 1. The topological polar surface area (TPSA) is 58.1 Å². The summed E-state index contributed by atoms with van der Waals surface area (Å²) in [6.45, 7) is 1.15. The fourth-order valence-electron chi connectivity index (χ4n) is 2.49. The van der Waals surface area contributed by atoms with Gasteiger partial charge in [0.2, 0.25) is 11.2 Å². The van der Waals surface area contributed by atoms with E-state index in [1.54, 1.807) is 4.90 Å². The molecule has 1 N–H and O–H groups in total. The quantitative estimate of drug-likeness (QED) is 0.864. The van der Waals surface area contributed by atoms with Crippen LogP contribution in [0.1, 0.15) is 25.7 Å². The molecular weight excluding hydrogens is 283 g/mol. The summed E-state index contributed by atoms with van der Waals surface area (Å²) in [6, 6.07) is 0.350. The van der Waals surface area contributed by atoms with E-state index in [9.17, 15) is 9.18 Å². The van der Waals surface area contributed by atoms with Crippen molar-refractivity contribution in [3.63, 3.8) is 0 Å². The van der Waals surface area contributed by atoms with Gasteiger partial charge in [-0.1, -0.05) is 0 Å². The molecule has 1 aliphatic carbocycles. The van der Waals surface area contributed by atoms with Crippen LogP contribution in [0.2, 0.25) is 5.28 Å². The maximum absolute atomic E-state index is 13.8. The summed E-state index contributed by atoms with van der Waals surface area (Å²) in [5, 5.41) is 3.02. The minimum atomic E-state index is -0.502. The van der Waals surface area contributed by atoms with Gasteiger partial charge in [0, 0.05) is 19.1 Å². The lowest BCUT2D eigenvalue weighted by molar-refractivity contribution is -0.125. The minimum Gasteiger partial charge on any atom is -0.353 e. The normalized spacial score (nSPS) is 22.7. The van der Waals surface area contributed by atoms with Crippen molar-refractivity contribution >= 4 is 23.3 Å². The van der Waals surface area contributed by atoms with E-state index in [2.05, 4.69) is 15.3 Å². The average molecular weight is 299 g/mol. The number of anilines is 1. The Morgan fingerprint density at radius 2 is 2.25 bits per heavy atom. The van der Waals surface area contributed by atoms with Crippen LogP contribution in [-0.4, -0.2) is 35.0 Å². The molecule has 0 radical (unpaired) electrons. The van der Waals surface area contributed by atoms with Crippen molar-refractivity contribution in [1.82, 2.24) is 15.3 Å². The molecule has 2 aliphatic rings. The Balaban J connectivity index is 1.70. The number of rotatable bonds is 3. The highest BCUT2D eigenvalue weighted by atomic mass is 35.5. The number of hydrogen-bond donors (Lipinski definition) is 1. The van der Waals surface area contributed by atoms with Gasteiger partial charge in [-0.15, -0.1) is 0 Å². The molecule has 5 nitrogen and oxygen atoms in total. The first kappa shape index (κ1) is 13.5.